The zero-order valence-corrected chi connectivity index (χ0v) is 13.3. The van der Waals surface area contributed by atoms with Crippen LogP contribution < -0.4 is 15.5 Å². The van der Waals surface area contributed by atoms with Crippen molar-refractivity contribution in [1.82, 2.24) is 19.9 Å². The average molecular weight is 308 g/mol. The minimum absolute atomic E-state index is 0.335. The van der Waals surface area contributed by atoms with Crippen molar-refractivity contribution < 1.29 is 4.74 Å². The van der Waals surface area contributed by atoms with Gasteiger partial charge in [-0.05, 0) is 13.8 Å². The van der Waals surface area contributed by atoms with Crippen LogP contribution in [0.15, 0.2) is 4.79 Å². The lowest BCUT2D eigenvalue weighted by Crippen LogP contribution is -2.50. The SMILES string of the molecule is CC(C)N1CCN(c2nc(N3CCOCC3)[nH]c(=O)n2)CC1. The van der Waals surface area contributed by atoms with Crippen molar-refractivity contribution in [2.24, 2.45) is 0 Å². The fraction of sp³-hybridized carbons (Fsp3) is 0.786. The Morgan fingerprint density at radius 1 is 1.00 bits per heavy atom. The van der Waals surface area contributed by atoms with E-state index in [2.05, 4.69) is 38.6 Å². The maximum atomic E-state index is 11.9. The monoisotopic (exact) mass is 308 g/mol. The summed E-state index contributed by atoms with van der Waals surface area (Å²) in [5, 5.41) is 0. The molecule has 0 saturated carbocycles. The van der Waals surface area contributed by atoms with Crippen LogP contribution in [0.5, 0.6) is 0 Å². The summed E-state index contributed by atoms with van der Waals surface area (Å²) >= 11 is 0. The van der Waals surface area contributed by atoms with E-state index < -0.39 is 0 Å². The molecule has 1 N–H and O–H groups in total. The van der Waals surface area contributed by atoms with E-state index in [1.807, 2.05) is 4.90 Å². The minimum atomic E-state index is -0.335. The number of hydrogen-bond donors (Lipinski definition) is 1. The second kappa shape index (κ2) is 6.62. The summed E-state index contributed by atoms with van der Waals surface area (Å²) in [5.74, 6) is 1.14. The lowest BCUT2D eigenvalue weighted by Gasteiger charge is -2.37. The zero-order chi connectivity index (χ0) is 15.5. The van der Waals surface area contributed by atoms with E-state index in [4.69, 9.17) is 4.74 Å². The van der Waals surface area contributed by atoms with E-state index in [9.17, 15) is 4.79 Å². The number of nitrogens with one attached hydrogen (secondary N) is 1. The lowest BCUT2D eigenvalue weighted by atomic mass is 10.2. The molecule has 0 aromatic carbocycles. The predicted molar refractivity (Wildman–Crippen MR) is 84.6 cm³/mol. The van der Waals surface area contributed by atoms with Crippen molar-refractivity contribution in [2.45, 2.75) is 19.9 Å². The second-order valence-corrected chi connectivity index (χ2v) is 5.99. The molecule has 2 aliphatic rings. The Morgan fingerprint density at radius 3 is 2.32 bits per heavy atom. The molecule has 0 bridgehead atoms. The zero-order valence-electron chi connectivity index (χ0n) is 13.3. The fourth-order valence-corrected chi connectivity index (χ4v) is 2.87. The van der Waals surface area contributed by atoms with Crippen molar-refractivity contribution in [3.05, 3.63) is 10.5 Å². The van der Waals surface area contributed by atoms with Gasteiger partial charge in [-0.25, -0.2) is 4.79 Å². The van der Waals surface area contributed by atoms with Crippen molar-refractivity contribution in [1.29, 1.82) is 0 Å². The van der Waals surface area contributed by atoms with Crippen LogP contribution in [-0.2, 0) is 4.74 Å². The molecule has 3 heterocycles. The van der Waals surface area contributed by atoms with Gasteiger partial charge >= 0.3 is 5.69 Å². The third kappa shape index (κ3) is 3.38. The number of hydrogen-bond acceptors (Lipinski definition) is 7. The number of piperazine rings is 1. The van der Waals surface area contributed by atoms with E-state index in [0.29, 0.717) is 31.2 Å². The molecule has 2 saturated heterocycles. The Kier molecular flexibility index (Phi) is 4.58. The van der Waals surface area contributed by atoms with Crippen LogP contribution in [0.3, 0.4) is 0 Å². The summed E-state index contributed by atoms with van der Waals surface area (Å²) < 4.78 is 5.34. The first-order chi connectivity index (χ1) is 10.6. The van der Waals surface area contributed by atoms with Gasteiger partial charge in [0.15, 0.2) is 0 Å². The Bertz CT molecular complexity index is 547. The van der Waals surface area contributed by atoms with Crippen LogP contribution in [0.4, 0.5) is 11.9 Å². The molecule has 3 rings (SSSR count). The molecule has 0 radical (unpaired) electrons. The fourth-order valence-electron chi connectivity index (χ4n) is 2.87. The van der Waals surface area contributed by atoms with Crippen molar-refractivity contribution >= 4 is 11.9 Å². The molecular weight excluding hydrogens is 284 g/mol. The molecule has 1 aromatic rings. The predicted octanol–water partition coefficient (Wildman–Crippen LogP) is -0.468. The van der Waals surface area contributed by atoms with Gasteiger partial charge in [-0.3, -0.25) is 9.88 Å². The average Bonchev–Trinajstić information content (AvgIpc) is 2.55. The van der Waals surface area contributed by atoms with E-state index in [1.165, 1.54) is 0 Å². The first-order valence-corrected chi connectivity index (χ1v) is 7.93. The van der Waals surface area contributed by atoms with Crippen LogP contribution in [0.2, 0.25) is 0 Å². The van der Waals surface area contributed by atoms with Crippen molar-refractivity contribution in [3.8, 4) is 0 Å². The Balaban J connectivity index is 1.74. The number of anilines is 2. The van der Waals surface area contributed by atoms with Crippen LogP contribution in [-0.4, -0.2) is 78.4 Å². The number of nitrogens with zero attached hydrogens (tertiary/aromatic N) is 5. The summed E-state index contributed by atoms with van der Waals surface area (Å²) in [7, 11) is 0. The van der Waals surface area contributed by atoms with Crippen LogP contribution in [0, 0.1) is 0 Å². The Morgan fingerprint density at radius 2 is 1.68 bits per heavy atom. The largest absolute Gasteiger partial charge is 0.378 e. The van der Waals surface area contributed by atoms with E-state index >= 15 is 0 Å². The number of aromatic nitrogens is 3. The Labute approximate surface area is 130 Å². The Hall–Kier alpha value is -1.67. The number of rotatable bonds is 3. The maximum absolute atomic E-state index is 11.9. The molecule has 8 heteroatoms. The molecule has 122 valence electrons. The van der Waals surface area contributed by atoms with Crippen molar-refractivity contribution in [2.75, 3.05) is 62.3 Å². The van der Waals surface area contributed by atoms with Gasteiger partial charge in [-0.15, -0.1) is 0 Å². The highest BCUT2D eigenvalue weighted by atomic mass is 16.5. The lowest BCUT2D eigenvalue weighted by molar-refractivity contribution is 0.122. The van der Waals surface area contributed by atoms with Crippen LogP contribution >= 0.6 is 0 Å². The number of aromatic amines is 1. The molecule has 0 aliphatic carbocycles. The van der Waals surface area contributed by atoms with Gasteiger partial charge < -0.3 is 14.5 Å². The molecule has 22 heavy (non-hydrogen) atoms. The number of H-pyrrole nitrogens is 1. The van der Waals surface area contributed by atoms with Gasteiger partial charge in [0.25, 0.3) is 0 Å². The number of ether oxygens (including phenoxy) is 1. The second-order valence-electron chi connectivity index (χ2n) is 5.99. The molecule has 0 atom stereocenters. The summed E-state index contributed by atoms with van der Waals surface area (Å²) in [6, 6.07) is 0.547. The van der Waals surface area contributed by atoms with Gasteiger partial charge in [0, 0.05) is 45.3 Å². The molecule has 1 aromatic heterocycles. The molecule has 0 spiro atoms. The van der Waals surface area contributed by atoms with Crippen LogP contribution in [0.1, 0.15) is 13.8 Å². The smallest absolute Gasteiger partial charge is 0.351 e. The van der Waals surface area contributed by atoms with E-state index in [0.717, 1.165) is 39.3 Å². The minimum Gasteiger partial charge on any atom is -0.378 e. The topological polar surface area (TPSA) is 77.6 Å². The summed E-state index contributed by atoms with van der Waals surface area (Å²) in [5.41, 5.74) is -0.335. The highest BCUT2D eigenvalue weighted by molar-refractivity contribution is 5.38. The van der Waals surface area contributed by atoms with Crippen molar-refractivity contribution in [3.63, 3.8) is 0 Å². The first-order valence-electron chi connectivity index (χ1n) is 7.93. The quantitative estimate of drug-likeness (QED) is 0.809. The number of morpholine rings is 1. The van der Waals surface area contributed by atoms with E-state index in [1.54, 1.807) is 0 Å². The van der Waals surface area contributed by atoms with E-state index in [-0.39, 0.29) is 5.69 Å². The van der Waals surface area contributed by atoms with Gasteiger partial charge in [-0.2, -0.15) is 9.97 Å². The normalized spacial score (nSPS) is 20.7. The van der Waals surface area contributed by atoms with Crippen LogP contribution in [0.25, 0.3) is 0 Å². The summed E-state index contributed by atoms with van der Waals surface area (Å²) in [6.45, 7) is 10.9. The highest BCUT2D eigenvalue weighted by Gasteiger charge is 2.22. The van der Waals surface area contributed by atoms with Gasteiger partial charge in [0.1, 0.15) is 0 Å². The first kappa shape index (κ1) is 15.2. The molecule has 0 unspecified atom stereocenters. The molecule has 0 amide bonds. The van der Waals surface area contributed by atoms with Gasteiger partial charge in [0.05, 0.1) is 13.2 Å². The van der Waals surface area contributed by atoms with Gasteiger partial charge in [0.2, 0.25) is 11.9 Å². The third-order valence-corrected chi connectivity index (χ3v) is 4.26. The third-order valence-electron chi connectivity index (χ3n) is 4.26. The highest BCUT2D eigenvalue weighted by Crippen LogP contribution is 2.14. The molecule has 2 fully saturated rings. The summed E-state index contributed by atoms with van der Waals surface area (Å²) in [4.78, 5) is 29.8. The summed E-state index contributed by atoms with van der Waals surface area (Å²) in [6.07, 6.45) is 0. The van der Waals surface area contributed by atoms with Gasteiger partial charge in [-0.1, -0.05) is 0 Å². The molecule has 2 aliphatic heterocycles. The maximum Gasteiger partial charge on any atom is 0.351 e. The standard InChI is InChI=1S/C14H24N6O2/c1-11(2)18-3-5-19(6-4-18)12-15-13(17-14(21)16-12)20-7-9-22-10-8-20/h11H,3-10H2,1-2H3,(H,15,16,17,21). The molecule has 8 nitrogen and oxygen atoms in total. The molecular formula is C14H24N6O2.